The summed E-state index contributed by atoms with van der Waals surface area (Å²) >= 11 is 0. The first-order chi connectivity index (χ1) is 13.5. The monoisotopic (exact) mass is 383 g/mol. The van der Waals surface area contributed by atoms with E-state index in [9.17, 15) is 14.9 Å². The third kappa shape index (κ3) is 3.64. The summed E-state index contributed by atoms with van der Waals surface area (Å²) in [5.41, 5.74) is 2.17. The molecule has 0 aliphatic carbocycles. The second kappa shape index (κ2) is 7.71. The molecule has 0 bridgehead atoms. The van der Waals surface area contributed by atoms with Crippen LogP contribution in [-0.2, 0) is 4.79 Å². The van der Waals surface area contributed by atoms with Crippen molar-refractivity contribution in [1.82, 2.24) is 14.8 Å². The Hall–Kier alpha value is -2.74. The number of piperazine rings is 1. The number of aromatic nitrogens is 1. The van der Waals surface area contributed by atoms with Crippen LogP contribution in [0.1, 0.15) is 18.5 Å². The van der Waals surface area contributed by atoms with Gasteiger partial charge >= 0.3 is 0 Å². The van der Waals surface area contributed by atoms with E-state index in [0.29, 0.717) is 38.2 Å². The zero-order valence-electron chi connectivity index (χ0n) is 16.1. The topological polar surface area (TPSA) is 82.8 Å². The van der Waals surface area contributed by atoms with Crippen LogP contribution < -0.4 is 4.90 Å². The molecule has 0 unspecified atom stereocenters. The second-order valence-corrected chi connectivity index (χ2v) is 7.56. The maximum atomic E-state index is 12.6. The number of para-hydroxylation sites is 1. The van der Waals surface area contributed by atoms with Crippen LogP contribution in [0.4, 0.5) is 11.4 Å². The molecule has 3 heterocycles. The van der Waals surface area contributed by atoms with Gasteiger partial charge in [0.15, 0.2) is 5.52 Å². The number of anilines is 1. The van der Waals surface area contributed by atoms with E-state index in [-0.39, 0.29) is 16.5 Å². The molecule has 0 saturated carbocycles. The van der Waals surface area contributed by atoms with Crippen LogP contribution >= 0.6 is 0 Å². The second-order valence-electron chi connectivity index (χ2n) is 7.56. The molecule has 1 aromatic carbocycles. The molecule has 148 valence electrons. The van der Waals surface area contributed by atoms with Crippen molar-refractivity contribution < 1.29 is 9.72 Å². The lowest BCUT2D eigenvalue weighted by Gasteiger charge is -2.37. The Morgan fingerprint density at radius 1 is 1.14 bits per heavy atom. The van der Waals surface area contributed by atoms with Gasteiger partial charge in [-0.2, -0.15) is 0 Å². The molecule has 1 aromatic heterocycles. The van der Waals surface area contributed by atoms with Gasteiger partial charge in [0.2, 0.25) is 5.91 Å². The molecule has 2 fully saturated rings. The number of carbonyl (C=O) groups is 1. The van der Waals surface area contributed by atoms with Gasteiger partial charge < -0.3 is 9.80 Å². The van der Waals surface area contributed by atoms with Crippen molar-refractivity contribution in [2.24, 2.45) is 0 Å². The molecule has 2 saturated heterocycles. The number of rotatable bonds is 4. The molecular formula is C20H25N5O3. The third-order valence-corrected chi connectivity index (χ3v) is 5.65. The highest BCUT2D eigenvalue weighted by Crippen LogP contribution is 2.32. The quantitative estimate of drug-likeness (QED) is 0.595. The van der Waals surface area contributed by atoms with E-state index in [0.717, 1.165) is 29.9 Å². The Morgan fingerprint density at radius 2 is 1.86 bits per heavy atom. The molecule has 1 amide bonds. The van der Waals surface area contributed by atoms with Gasteiger partial charge in [0.25, 0.3) is 5.69 Å². The molecular weight excluding hydrogens is 358 g/mol. The van der Waals surface area contributed by atoms with Crippen LogP contribution in [0.3, 0.4) is 0 Å². The van der Waals surface area contributed by atoms with E-state index in [1.807, 2.05) is 24.0 Å². The predicted molar refractivity (Wildman–Crippen MR) is 108 cm³/mol. The number of fused-ring (bicyclic) bond motifs is 1. The molecule has 0 radical (unpaired) electrons. The minimum Gasteiger partial charge on any atom is -0.367 e. The Morgan fingerprint density at radius 3 is 2.54 bits per heavy atom. The summed E-state index contributed by atoms with van der Waals surface area (Å²) in [4.78, 5) is 34.4. The maximum absolute atomic E-state index is 12.6. The number of likely N-dealkylation sites (tertiary alicyclic amines) is 1. The minimum atomic E-state index is -0.381. The van der Waals surface area contributed by atoms with E-state index in [1.165, 1.54) is 18.9 Å². The van der Waals surface area contributed by atoms with Crippen molar-refractivity contribution in [2.45, 2.75) is 19.8 Å². The van der Waals surface area contributed by atoms with Crippen LogP contribution in [0.5, 0.6) is 0 Å². The number of non-ortho nitro benzene ring substituents is 1. The van der Waals surface area contributed by atoms with E-state index >= 15 is 0 Å². The van der Waals surface area contributed by atoms with Crippen LogP contribution in [0.25, 0.3) is 10.9 Å². The Labute approximate surface area is 163 Å². The number of nitro benzene ring substituents is 1. The van der Waals surface area contributed by atoms with E-state index in [1.54, 1.807) is 6.07 Å². The standard InChI is InChI=1S/C20H25N5O3/c1-15-13-18(16-5-4-6-17(25(27)28)20(16)21-15)23-9-11-24(12-10-23)19(26)14-22-7-2-3-8-22/h4-6,13H,2-3,7-12,14H2,1H3. The zero-order valence-corrected chi connectivity index (χ0v) is 16.1. The van der Waals surface area contributed by atoms with Crippen LogP contribution in [0.2, 0.25) is 0 Å². The van der Waals surface area contributed by atoms with Gasteiger partial charge in [-0.05, 0) is 38.9 Å². The molecule has 0 atom stereocenters. The van der Waals surface area contributed by atoms with Crippen LogP contribution in [-0.4, -0.2) is 71.4 Å². The molecule has 0 N–H and O–H groups in total. The van der Waals surface area contributed by atoms with Crippen molar-refractivity contribution >= 4 is 28.2 Å². The van der Waals surface area contributed by atoms with Crippen molar-refractivity contribution in [2.75, 3.05) is 50.7 Å². The lowest BCUT2D eigenvalue weighted by molar-refractivity contribution is -0.383. The normalized spacial score (nSPS) is 18.0. The molecule has 2 aromatic rings. The highest BCUT2D eigenvalue weighted by Gasteiger charge is 2.26. The Bertz CT molecular complexity index is 902. The highest BCUT2D eigenvalue weighted by atomic mass is 16.6. The summed E-state index contributed by atoms with van der Waals surface area (Å²) in [5.74, 6) is 0.202. The summed E-state index contributed by atoms with van der Waals surface area (Å²) in [6.07, 6.45) is 2.36. The van der Waals surface area contributed by atoms with Crippen molar-refractivity contribution in [3.63, 3.8) is 0 Å². The lowest BCUT2D eigenvalue weighted by atomic mass is 10.1. The van der Waals surface area contributed by atoms with Gasteiger partial charge in [0.05, 0.1) is 11.5 Å². The number of nitro groups is 1. The Balaban J connectivity index is 1.51. The fraction of sp³-hybridized carbons (Fsp3) is 0.500. The third-order valence-electron chi connectivity index (χ3n) is 5.65. The van der Waals surface area contributed by atoms with E-state index in [4.69, 9.17) is 0 Å². The number of amides is 1. The van der Waals surface area contributed by atoms with Crippen molar-refractivity contribution in [1.29, 1.82) is 0 Å². The van der Waals surface area contributed by atoms with Crippen LogP contribution in [0, 0.1) is 17.0 Å². The molecule has 28 heavy (non-hydrogen) atoms. The number of hydrogen-bond acceptors (Lipinski definition) is 6. The van der Waals surface area contributed by atoms with Gasteiger partial charge in [-0.3, -0.25) is 19.8 Å². The van der Waals surface area contributed by atoms with E-state index < -0.39 is 0 Å². The number of carbonyl (C=O) groups excluding carboxylic acids is 1. The first-order valence-electron chi connectivity index (χ1n) is 9.83. The molecule has 2 aliphatic heterocycles. The number of aryl methyl sites for hydroxylation is 1. The van der Waals surface area contributed by atoms with Gasteiger partial charge in [0, 0.05) is 49.0 Å². The molecule has 0 spiro atoms. The van der Waals surface area contributed by atoms with Gasteiger partial charge in [-0.25, -0.2) is 4.98 Å². The fourth-order valence-electron chi connectivity index (χ4n) is 4.18. The number of benzene rings is 1. The van der Waals surface area contributed by atoms with Crippen LogP contribution in [0.15, 0.2) is 24.3 Å². The fourth-order valence-corrected chi connectivity index (χ4v) is 4.18. The van der Waals surface area contributed by atoms with Crippen molar-refractivity contribution in [3.05, 3.63) is 40.1 Å². The van der Waals surface area contributed by atoms with Crippen molar-refractivity contribution in [3.8, 4) is 0 Å². The summed E-state index contributed by atoms with van der Waals surface area (Å²) in [7, 11) is 0. The van der Waals surface area contributed by atoms with Gasteiger partial charge in [-0.1, -0.05) is 12.1 Å². The maximum Gasteiger partial charge on any atom is 0.295 e. The molecule has 8 heteroatoms. The number of pyridine rings is 1. The zero-order chi connectivity index (χ0) is 19.7. The molecule has 8 nitrogen and oxygen atoms in total. The lowest BCUT2D eigenvalue weighted by Crippen LogP contribution is -2.51. The summed E-state index contributed by atoms with van der Waals surface area (Å²) in [5, 5.41) is 12.2. The molecule has 2 aliphatic rings. The van der Waals surface area contributed by atoms with E-state index in [2.05, 4.69) is 14.8 Å². The summed E-state index contributed by atoms with van der Waals surface area (Å²) < 4.78 is 0. The average molecular weight is 383 g/mol. The van der Waals surface area contributed by atoms with Gasteiger partial charge in [0.1, 0.15) is 0 Å². The summed E-state index contributed by atoms with van der Waals surface area (Å²) in [6.45, 7) is 7.19. The highest BCUT2D eigenvalue weighted by molar-refractivity contribution is 5.97. The average Bonchev–Trinajstić information content (AvgIpc) is 3.20. The van der Waals surface area contributed by atoms with Gasteiger partial charge in [-0.15, -0.1) is 0 Å². The number of hydrogen-bond donors (Lipinski definition) is 0. The summed E-state index contributed by atoms with van der Waals surface area (Å²) in [6, 6.07) is 7.06. The minimum absolute atomic E-state index is 0.0295. The predicted octanol–water partition coefficient (Wildman–Crippen LogP) is 2.20. The SMILES string of the molecule is Cc1cc(N2CCN(C(=O)CN3CCCC3)CC2)c2cccc([N+](=O)[O-])c2n1. The number of nitrogens with zero attached hydrogens (tertiary/aromatic N) is 5. The largest absolute Gasteiger partial charge is 0.367 e. The first kappa shape index (κ1) is 18.6. The Kier molecular flexibility index (Phi) is 5.13. The molecule has 4 rings (SSSR count). The smallest absolute Gasteiger partial charge is 0.295 e. The first-order valence-corrected chi connectivity index (χ1v) is 9.83.